The lowest BCUT2D eigenvalue weighted by molar-refractivity contribution is 0.177. The van der Waals surface area contributed by atoms with Crippen LogP contribution in [0.25, 0.3) is 0 Å². The maximum Gasteiger partial charge on any atom is 0.155 e. The van der Waals surface area contributed by atoms with Gasteiger partial charge in [0.25, 0.3) is 0 Å². The number of methoxy groups -OCH3 is 1. The lowest BCUT2D eigenvalue weighted by Gasteiger charge is -1.98. The van der Waals surface area contributed by atoms with E-state index >= 15 is 0 Å². The van der Waals surface area contributed by atoms with E-state index in [2.05, 4.69) is 9.97 Å². The van der Waals surface area contributed by atoms with E-state index < -0.39 is 0 Å². The average Bonchev–Trinajstić information content (AvgIpc) is 2.06. The zero-order valence-corrected chi connectivity index (χ0v) is 7.39. The Balaban J connectivity index is 2.74. The predicted molar refractivity (Wildman–Crippen MR) is 44.5 cm³/mol. The molecule has 0 atom stereocenters. The summed E-state index contributed by atoms with van der Waals surface area (Å²) < 4.78 is 4.89. The van der Waals surface area contributed by atoms with Crippen molar-refractivity contribution < 1.29 is 4.74 Å². The standard InChI is InChI=1S/C7H10N2OS/c1-10-5-6-8-4-3-7(9-6)11-2/h3-4H,5H2,1-2H3. The Morgan fingerprint density at radius 3 is 3.09 bits per heavy atom. The predicted octanol–water partition coefficient (Wildman–Crippen LogP) is 1.34. The Labute approximate surface area is 70.2 Å². The molecule has 1 aromatic heterocycles. The summed E-state index contributed by atoms with van der Waals surface area (Å²) in [6.07, 6.45) is 3.73. The van der Waals surface area contributed by atoms with Crippen molar-refractivity contribution in [2.45, 2.75) is 11.6 Å². The third-order valence-electron chi connectivity index (χ3n) is 1.16. The third-order valence-corrected chi connectivity index (χ3v) is 1.81. The van der Waals surface area contributed by atoms with Crippen LogP contribution in [-0.4, -0.2) is 23.3 Å². The zero-order chi connectivity index (χ0) is 8.10. The van der Waals surface area contributed by atoms with Gasteiger partial charge in [-0.15, -0.1) is 11.8 Å². The van der Waals surface area contributed by atoms with Gasteiger partial charge in [-0.05, 0) is 12.3 Å². The fourth-order valence-electron chi connectivity index (χ4n) is 0.693. The van der Waals surface area contributed by atoms with Gasteiger partial charge in [0.1, 0.15) is 6.61 Å². The number of hydrogen-bond acceptors (Lipinski definition) is 4. The van der Waals surface area contributed by atoms with Crippen molar-refractivity contribution >= 4 is 11.8 Å². The van der Waals surface area contributed by atoms with Gasteiger partial charge in [-0.1, -0.05) is 0 Å². The number of ether oxygens (including phenoxy) is 1. The fourth-order valence-corrected chi connectivity index (χ4v) is 1.09. The van der Waals surface area contributed by atoms with E-state index in [1.807, 2.05) is 12.3 Å². The zero-order valence-electron chi connectivity index (χ0n) is 6.57. The molecular formula is C7H10N2OS. The molecule has 1 heterocycles. The average molecular weight is 170 g/mol. The number of nitrogens with zero attached hydrogens (tertiary/aromatic N) is 2. The number of hydrogen-bond donors (Lipinski definition) is 0. The first-order valence-corrected chi connectivity index (χ1v) is 4.44. The SMILES string of the molecule is COCc1nccc(SC)n1. The van der Waals surface area contributed by atoms with E-state index in [9.17, 15) is 0 Å². The van der Waals surface area contributed by atoms with Gasteiger partial charge in [-0.25, -0.2) is 9.97 Å². The molecule has 0 aliphatic heterocycles. The van der Waals surface area contributed by atoms with Crippen molar-refractivity contribution in [1.29, 1.82) is 0 Å². The maximum atomic E-state index is 4.89. The highest BCUT2D eigenvalue weighted by Gasteiger charge is 1.95. The van der Waals surface area contributed by atoms with Crippen LogP contribution in [0.1, 0.15) is 5.82 Å². The number of rotatable bonds is 3. The van der Waals surface area contributed by atoms with Gasteiger partial charge in [-0.3, -0.25) is 0 Å². The van der Waals surface area contributed by atoms with E-state index in [4.69, 9.17) is 4.74 Å². The Morgan fingerprint density at radius 2 is 2.45 bits per heavy atom. The van der Waals surface area contributed by atoms with E-state index in [0.29, 0.717) is 6.61 Å². The van der Waals surface area contributed by atoms with Gasteiger partial charge in [0.2, 0.25) is 0 Å². The molecule has 0 spiro atoms. The molecule has 3 nitrogen and oxygen atoms in total. The molecule has 11 heavy (non-hydrogen) atoms. The summed E-state index contributed by atoms with van der Waals surface area (Å²) in [6, 6.07) is 1.88. The minimum absolute atomic E-state index is 0.481. The molecule has 4 heteroatoms. The summed E-state index contributed by atoms with van der Waals surface area (Å²) in [7, 11) is 1.63. The quantitative estimate of drug-likeness (QED) is 0.506. The maximum absolute atomic E-state index is 4.89. The molecule has 1 rings (SSSR count). The summed E-state index contributed by atoms with van der Waals surface area (Å²) in [4.78, 5) is 8.24. The first kappa shape index (κ1) is 8.49. The normalized spacial score (nSPS) is 10.0. The highest BCUT2D eigenvalue weighted by Crippen LogP contribution is 2.09. The molecule has 0 radical (unpaired) electrons. The van der Waals surface area contributed by atoms with Crippen LogP contribution >= 0.6 is 11.8 Å². The topological polar surface area (TPSA) is 35.0 Å². The Morgan fingerprint density at radius 1 is 1.64 bits per heavy atom. The van der Waals surface area contributed by atoms with Gasteiger partial charge in [-0.2, -0.15) is 0 Å². The van der Waals surface area contributed by atoms with Crippen molar-refractivity contribution in [2.75, 3.05) is 13.4 Å². The third kappa shape index (κ3) is 2.48. The summed E-state index contributed by atoms with van der Waals surface area (Å²) in [5.41, 5.74) is 0. The smallest absolute Gasteiger partial charge is 0.155 e. The highest BCUT2D eigenvalue weighted by atomic mass is 32.2. The molecule has 0 N–H and O–H groups in total. The van der Waals surface area contributed by atoms with Crippen LogP contribution in [0.4, 0.5) is 0 Å². The molecule has 0 aromatic carbocycles. The Bertz CT molecular complexity index is 229. The fraction of sp³-hybridized carbons (Fsp3) is 0.429. The summed E-state index contributed by atoms with van der Waals surface area (Å²) >= 11 is 1.60. The Kier molecular flexibility index (Phi) is 3.32. The second kappa shape index (κ2) is 4.31. The van der Waals surface area contributed by atoms with Crippen LogP contribution < -0.4 is 0 Å². The first-order chi connectivity index (χ1) is 5.36. The molecule has 1 aromatic rings. The first-order valence-electron chi connectivity index (χ1n) is 3.21. The van der Waals surface area contributed by atoms with Crippen molar-refractivity contribution in [3.63, 3.8) is 0 Å². The molecule has 0 saturated carbocycles. The van der Waals surface area contributed by atoms with E-state index in [-0.39, 0.29) is 0 Å². The molecule has 0 aliphatic carbocycles. The Hall–Kier alpha value is -0.610. The minimum atomic E-state index is 0.481. The van der Waals surface area contributed by atoms with Crippen LogP contribution in [-0.2, 0) is 11.3 Å². The minimum Gasteiger partial charge on any atom is -0.377 e. The summed E-state index contributed by atoms with van der Waals surface area (Å²) in [5.74, 6) is 0.736. The van der Waals surface area contributed by atoms with Crippen LogP contribution in [0.15, 0.2) is 17.3 Å². The summed E-state index contributed by atoms with van der Waals surface area (Å²) in [5, 5.41) is 0.979. The van der Waals surface area contributed by atoms with Gasteiger partial charge >= 0.3 is 0 Å². The number of aromatic nitrogens is 2. The summed E-state index contributed by atoms with van der Waals surface area (Å²) in [6.45, 7) is 0.481. The molecule has 0 saturated heterocycles. The lowest BCUT2D eigenvalue weighted by Crippen LogP contribution is -1.96. The van der Waals surface area contributed by atoms with Crippen LogP contribution in [0.2, 0.25) is 0 Å². The van der Waals surface area contributed by atoms with Gasteiger partial charge in [0, 0.05) is 13.3 Å². The molecule has 0 aliphatic rings. The van der Waals surface area contributed by atoms with E-state index in [1.165, 1.54) is 0 Å². The van der Waals surface area contributed by atoms with Crippen molar-refractivity contribution in [3.05, 3.63) is 18.1 Å². The second-order valence-corrected chi connectivity index (χ2v) is 2.77. The molecule has 0 fully saturated rings. The molecule has 0 unspecified atom stereocenters. The van der Waals surface area contributed by atoms with Crippen LogP contribution in [0.3, 0.4) is 0 Å². The second-order valence-electron chi connectivity index (χ2n) is 1.95. The van der Waals surface area contributed by atoms with Crippen molar-refractivity contribution in [3.8, 4) is 0 Å². The van der Waals surface area contributed by atoms with Gasteiger partial charge in [0.05, 0.1) is 5.03 Å². The monoisotopic (exact) mass is 170 g/mol. The van der Waals surface area contributed by atoms with Crippen LogP contribution in [0.5, 0.6) is 0 Å². The van der Waals surface area contributed by atoms with Crippen molar-refractivity contribution in [2.24, 2.45) is 0 Å². The molecular weight excluding hydrogens is 160 g/mol. The van der Waals surface area contributed by atoms with Gasteiger partial charge < -0.3 is 4.74 Å². The molecule has 0 bridgehead atoms. The highest BCUT2D eigenvalue weighted by molar-refractivity contribution is 7.98. The van der Waals surface area contributed by atoms with E-state index in [1.54, 1.807) is 25.1 Å². The van der Waals surface area contributed by atoms with Gasteiger partial charge in [0.15, 0.2) is 5.82 Å². The largest absolute Gasteiger partial charge is 0.377 e. The van der Waals surface area contributed by atoms with E-state index in [0.717, 1.165) is 10.9 Å². The lowest BCUT2D eigenvalue weighted by atomic mass is 10.6. The molecule has 0 amide bonds. The number of thioether (sulfide) groups is 1. The van der Waals surface area contributed by atoms with Crippen molar-refractivity contribution in [1.82, 2.24) is 9.97 Å². The van der Waals surface area contributed by atoms with Crippen LogP contribution in [0, 0.1) is 0 Å². The molecule has 60 valence electrons.